The van der Waals surface area contributed by atoms with Crippen molar-refractivity contribution in [3.8, 4) is 0 Å². The number of hydrogen-bond acceptors (Lipinski definition) is 9. The Morgan fingerprint density at radius 2 is 0.930 bits per heavy atom. The molecule has 0 amide bonds. The Kier molecular flexibility index (Phi) is 40.5. The Labute approximate surface area is 347 Å². The van der Waals surface area contributed by atoms with Crippen LogP contribution in [0, 0.1) is 0 Å². The molecule has 0 rings (SSSR count). The molecule has 0 aliphatic carbocycles. The van der Waals surface area contributed by atoms with Crippen LogP contribution in [0.1, 0.15) is 194 Å². The summed E-state index contributed by atoms with van der Waals surface area (Å²) in [5.41, 5.74) is 0. The predicted octanol–water partition coefficient (Wildman–Crippen LogP) is 12.1. The summed E-state index contributed by atoms with van der Waals surface area (Å²) in [7, 11) is -4.63. The molecule has 11 heteroatoms. The zero-order valence-corrected chi connectivity index (χ0v) is 36.9. The van der Waals surface area contributed by atoms with Crippen LogP contribution in [0.3, 0.4) is 0 Å². The number of phosphoric acid groups is 1. The molecule has 3 atom stereocenters. The van der Waals surface area contributed by atoms with Crippen molar-refractivity contribution < 1.29 is 47.8 Å². The highest BCUT2D eigenvalue weighted by Crippen LogP contribution is 2.43. The standard InChI is InChI=1S/C46H83O10P/c1-3-5-7-9-11-13-15-17-18-19-20-21-22-23-24-26-27-29-31-33-35-37-45(49)53-41-44(42-55-57(51,52)54-40-43(48)39-47)56-46(50)38-36-34-32-30-28-25-16-14-12-10-8-6-4-2/h18-19,21-22,24,26,29,31,43-44,47-48H,3-17,20,23,25,27-28,30,32-42H2,1-2H3,(H,51,52)/b19-18+,22-21+,26-24+,31-29+/t43-,44+/m1/s1. The van der Waals surface area contributed by atoms with Gasteiger partial charge in [0.2, 0.25) is 0 Å². The molecule has 0 radical (unpaired) electrons. The van der Waals surface area contributed by atoms with E-state index in [1.165, 1.54) is 109 Å². The fourth-order valence-electron chi connectivity index (χ4n) is 5.99. The Balaban J connectivity index is 4.34. The lowest BCUT2D eigenvalue weighted by molar-refractivity contribution is -0.161. The van der Waals surface area contributed by atoms with Crippen molar-refractivity contribution >= 4 is 19.8 Å². The molecule has 3 N–H and O–H groups in total. The van der Waals surface area contributed by atoms with E-state index >= 15 is 0 Å². The Morgan fingerprint density at radius 1 is 0.526 bits per heavy atom. The van der Waals surface area contributed by atoms with Crippen LogP contribution >= 0.6 is 7.82 Å². The third-order valence-corrected chi connectivity index (χ3v) is 10.4. The van der Waals surface area contributed by atoms with Crippen molar-refractivity contribution in [3.05, 3.63) is 48.6 Å². The molecule has 0 aromatic rings. The van der Waals surface area contributed by atoms with Crippen LogP contribution in [0.5, 0.6) is 0 Å². The molecule has 0 heterocycles. The molecule has 0 aliphatic rings. The molecule has 0 bridgehead atoms. The number of unbranched alkanes of at least 4 members (excludes halogenated alkanes) is 20. The number of allylic oxidation sites excluding steroid dienone is 8. The van der Waals surface area contributed by atoms with E-state index in [4.69, 9.17) is 19.1 Å². The summed E-state index contributed by atoms with van der Waals surface area (Å²) in [6, 6.07) is 0. The summed E-state index contributed by atoms with van der Waals surface area (Å²) in [6.45, 7) is 2.32. The van der Waals surface area contributed by atoms with Crippen molar-refractivity contribution in [3.63, 3.8) is 0 Å². The molecule has 10 nitrogen and oxygen atoms in total. The molecule has 0 fully saturated rings. The van der Waals surface area contributed by atoms with Gasteiger partial charge in [-0.15, -0.1) is 0 Å². The van der Waals surface area contributed by atoms with Gasteiger partial charge in [-0.3, -0.25) is 18.6 Å². The zero-order chi connectivity index (χ0) is 41.9. The van der Waals surface area contributed by atoms with Gasteiger partial charge in [-0.05, 0) is 51.4 Å². The second-order valence-corrected chi connectivity index (χ2v) is 16.5. The van der Waals surface area contributed by atoms with Crippen molar-refractivity contribution in [1.29, 1.82) is 0 Å². The van der Waals surface area contributed by atoms with E-state index in [-0.39, 0.29) is 19.4 Å². The van der Waals surface area contributed by atoms with Crippen LogP contribution < -0.4 is 0 Å². The van der Waals surface area contributed by atoms with Crippen LogP contribution in [0.15, 0.2) is 48.6 Å². The minimum Gasteiger partial charge on any atom is -0.462 e. The number of carbonyl (C=O) groups excluding carboxylic acids is 2. The summed E-state index contributed by atoms with van der Waals surface area (Å²) in [6.07, 6.45) is 45.2. The number of aliphatic hydroxyl groups is 2. The zero-order valence-electron chi connectivity index (χ0n) is 36.0. The summed E-state index contributed by atoms with van der Waals surface area (Å²) in [5, 5.41) is 18.3. The first-order chi connectivity index (χ1) is 27.7. The first-order valence-electron chi connectivity index (χ1n) is 22.6. The fraction of sp³-hybridized carbons (Fsp3) is 0.783. The van der Waals surface area contributed by atoms with E-state index in [0.717, 1.165) is 38.5 Å². The third-order valence-electron chi connectivity index (χ3n) is 9.49. The van der Waals surface area contributed by atoms with E-state index in [2.05, 4.69) is 60.9 Å². The van der Waals surface area contributed by atoms with Crippen LogP contribution in [0.25, 0.3) is 0 Å². The van der Waals surface area contributed by atoms with Crippen molar-refractivity contribution in [2.75, 3.05) is 26.4 Å². The van der Waals surface area contributed by atoms with Gasteiger partial charge in [-0.25, -0.2) is 4.57 Å². The fourth-order valence-corrected chi connectivity index (χ4v) is 6.78. The quantitative estimate of drug-likeness (QED) is 0.0235. The molecule has 332 valence electrons. The Bertz CT molecular complexity index is 1090. The number of phosphoric ester groups is 1. The molecule has 0 aliphatic heterocycles. The highest BCUT2D eigenvalue weighted by molar-refractivity contribution is 7.47. The molecule has 0 aromatic carbocycles. The van der Waals surface area contributed by atoms with Gasteiger partial charge in [-0.2, -0.15) is 0 Å². The maximum Gasteiger partial charge on any atom is 0.472 e. The largest absolute Gasteiger partial charge is 0.472 e. The summed E-state index contributed by atoms with van der Waals surface area (Å²) in [5.74, 6) is -0.987. The van der Waals surface area contributed by atoms with E-state index in [1.807, 2.05) is 6.08 Å². The van der Waals surface area contributed by atoms with E-state index < -0.39 is 51.8 Å². The van der Waals surface area contributed by atoms with E-state index in [9.17, 15) is 24.2 Å². The monoisotopic (exact) mass is 827 g/mol. The van der Waals surface area contributed by atoms with Crippen LogP contribution in [0.4, 0.5) is 0 Å². The SMILES string of the molecule is CCCCCCCCC/C=C/C/C=C/C/C=C/C/C=C/CCCC(=O)OC[C@@H](COP(=O)(O)OC[C@H](O)CO)OC(=O)CCCCCCCCCCCCCCC. The number of hydrogen-bond donors (Lipinski definition) is 3. The molecular weight excluding hydrogens is 743 g/mol. The van der Waals surface area contributed by atoms with Crippen molar-refractivity contribution in [2.24, 2.45) is 0 Å². The maximum absolute atomic E-state index is 12.6. The first-order valence-corrected chi connectivity index (χ1v) is 24.1. The van der Waals surface area contributed by atoms with Crippen molar-refractivity contribution in [2.45, 2.75) is 206 Å². The van der Waals surface area contributed by atoms with Crippen LogP contribution in [-0.2, 0) is 32.7 Å². The van der Waals surface area contributed by atoms with Gasteiger partial charge in [0.25, 0.3) is 0 Å². The maximum atomic E-state index is 12.6. The first kappa shape index (κ1) is 54.9. The number of ether oxygens (including phenoxy) is 2. The highest BCUT2D eigenvalue weighted by Gasteiger charge is 2.27. The Hall–Kier alpha value is -2.07. The van der Waals surface area contributed by atoms with E-state index in [0.29, 0.717) is 19.3 Å². The van der Waals surface area contributed by atoms with Gasteiger partial charge in [0.1, 0.15) is 12.7 Å². The van der Waals surface area contributed by atoms with Crippen LogP contribution in [0.2, 0.25) is 0 Å². The van der Waals surface area contributed by atoms with E-state index in [1.54, 1.807) is 0 Å². The normalized spacial score (nSPS) is 14.3. The molecule has 0 saturated carbocycles. The summed E-state index contributed by atoms with van der Waals surface area (Å²) >= 11 is 0. The lowest BCUT2D eigenvalue weighted by atomic mass is 10.0. The average Bonchev–Trinajstić information content (AvgIpc) is 3.20. The van der Waals surface area contributed by atoms with Gasteiger partial charge in [0, 0.05) is 12.8 Å². The second kappa shape index (κ2) is 42.1. The lowest BCUT2D eigenvalue weighted by Crippen LogP contribution is -2.29. The highest BCUT2D eigenvalue weighted by atomic mass is 31.2. The van der Waals surface area contributed by atoms with Gasteiger partial charge in [0.05, 0.1) is 19.8 Å². The predicted molar refractivity (Wildman–Crippen MR) is 233 cm³/mol. The van der Waals surface area contributed by atoms with Gasteiger partial charge in [0.15, 0.2) is 6.10 Å². The van der Waals surface area contributed by atoms with Gasteiger partial charge in [-0.1, -0.05) is 178 Å². The number of esters is 2. The van der Waals surface area contributed by atoms with Crippen LogP contribution in [-0.4, -0.2) is 65.7 Å². The Morgan fingerprint density at radius 3 is 1.42 bits per heavy atom. The summed E-state index contributed by atoms with van der Waals surface area (Å²) < 4.78 is 32.7. The molecular formula is C46H83O10P. The minimum atomic E-state index is -4.63. The van der Waals surface area contributed by atoms with Gasteiger partial charge >= 0.3 is 19.8 Å². The smallest absolute Gasteiger partial charge is 0.462 e. The summed E-state index contributed by atoms with van der Waals surface area (Å²) in [4.78, 5) is 35.0. The topological polar surface area (TPSA) is 149 Å². The number of rotatable bonds is 42. The molecule has 0 saturated heterocycles. The molecule has 1 unspecified atom stereocenters. The van der Waals surface area contributed by atoms with Gasteiger partial charge < -0.3 is 24.6 Å². The molecule has 0 spiro atoms. The number of carbonyl (C=O) groups is 2. The minimum absolute atomic E-state index is 0.166. The molecule has 0 aromatic heterocycles. The third kappa shape index (κ3) is 41.9. The average molecular weight is 827 g/mol. The number of aliphatic hydroxyl groups excluding tert-OH is 2. The lowest BCUT2D eigenvalue weighted by Gasteiger charge is -2.20. The second-order valence-electron chi connectivity index (χ2n) is 15.1. The van der Waals surface area contributed by atoms with Crippen molar-refractivity contribution in [1.82, 2.24) is 0 Å². The molecule has 57 heavy (non-hydrogen) atoms.